The summed E-state index contributed by atoms with van der Waals surface area (Å²) in [5.41, 5.74) is 2.09. The number of carbonyl (C=O) groups is 2. The molecule has 4 rings (SSSR count). The molecule has 1 fully saturated rings. The van der Waals surface area contributed by atoms with Gasteiger partial charge in [0.2, 0.25) is 5.91 Å². The summed E-state index contributed by atoms with van der Waals surface area (Å²) in [6.07, 6.45) is 2.60. The largest absolute Gasteiger partial charge is 0.359 e. The number of rotatable bonds is 9. The fourth-order valence-corrected chi connectivity index (χ4v) is 3.32. The van der Waals surface area contributed by atoms with Gasteiger partial charge in [-0.1, -0.05) is 47.6 Å². The van der Waals surface area contributed by atoms with Crippen molar-refractivity contribution in [1.82, 2.24) is 15.4 Å². The lowest BCUT2D eigenvalue weighted by Gasteiger charge is -2.21. The monoisotopic (exact) mass is 421 g/mol. The third-order valence-electron chi connectivity index (χ3n) is 5.26. The molecule has 6 nitrogen and oxygen atoms in total. The number of hydrogen-bond donors (Lipinski definition) is 1. The summed E-state index contributed by atoms with van der Waals surface area (Å²) in [4.78, 5) is 26.9. The number of halogens is 1. The molecule has 1 saturated carbocycles. The maximum absolute atomic E-state index is 13.0. The molecule has 0 bridgehead atoms. The van der Waals surface area contributed by atoms with E-state index in [9.17, 15) is 14.0 Å². The van der Waals surface area contributed by atoms with E-state index >= 15 is 0 Å². The van der Waals surface area contributed by atoms with E-state index in [2.05, 4.69) is 10.5 Å². The molecule has 1 heterocycles. The average molecular weight is 421 g/mol. The first-order chi connectivity index (χ1) is 15.1. The molecule has 0 aliphatic heterocycles. The molecule has 1 N–H and O–H groups in total. The van der Waals surface area contributed by atoms with Crippen LogP contribution in [0.15, 0.2) is 65.2 Å². The maximum atomic E-state index is 13.0. The summed E-state index contributed by atoms with van der Waals surface area (Å²) < 4.78 is 18.3. The summed E-state index contributed by atoms with van der Waals surface area (Å²) >= 11 is 0. The van der Waals surface area contributed by atoms with Crippen molar-refractivity contribution in [2.24, 2.45) is 5.92 Å². The van der Waals surface area contributed by atoms with Gasteiger partial charge in [0.1, 0.15) is 5.82 Å². The van der Waals surface area contributed by atoms with Crippen LogP contribution in [-0.4, -0.2) is 28.4 Å². The predicted octanol–water partition coefficient (Wildman–Crippen LogP) is 3.73. The number of aromatic nitrogens is 1. The SMILES string of the molecule is O=C(NCc1ccc(F)cc1)c1cc(CN(CCc2ccccc2)C(=O)C2CC2)on1. The first kappa shape index (κ1) is 20.8. The van der Waals surface area contributed by atoms with E-state index in [1.807, 2.05) is 30.3 Å². The molecular weight excluding hydrogens is 397 g/mol. The summed E-state index contributed by atoms with van der Waals surface area (Å²) in [5, 5.41) is 6.58. The van der Waals surface area contributed by atoms with Crippen molar-refractivity contribution in [3.63, 3.8) is 0 Å². The highest BCUT2D eigenvalue weighted by molar-refractivity contribution is 5.92. The molecule has 0 spiro atoms. The Morgan fingerprint density at radius 2 is 1.81 bits per heavy atom. The molecule has 0 unspecified atom stereocenters. The Morgan fingerprint density at radius 3 is 2.52 bits per heavy atom. The van der Waals surface area contributed by atoms with Crippen LogP contribution in [-0.2, 0) is 24.3 Å². The fourth-order valence-electron chi connectivity index (χ4n) is 3.32. The predicted molar refractivity (Wildman–Crippen MR) is 112 cm³/mol. The molecular formula is C24H24FN3O3. The standard InChI is InChI=1S/C24H24FN3O3/c25-20-10-6-18(7-11-20)15-26-23(29)22-14-21(31-27-22)16-28(24(30)19-8-9-19)13-12-17-4-2-1-3-5-17/h1-7,10-11,14,19H,8-9,12-13,15-16H2,(H,26,29). The Balaban J connectivity index is 1.35. The second-order valence-corrected chi connectivity index (χ2v) is 7.76. The second kappa shape index (κ2) is 9.55. The molecule has 1 aliphatic carbocycles. The lowest BCUT2D eigenvalue weighted by molar-refractivity contribution is -0.133. The third-order valence-corrected chi connectivity index (χ3v) is 5.26. The molecule has 3 aromatic rings. The molecule has 0 saturated heterocycles. The number of nitrogens with one attached hydrogen (secondary N) is 1. The zero-order valence-corrected chi connectivity index (χ0v) is 17.1. The molecule has 1 aliphatic rings. The summed E-state index contributed by atoms with van der Waals surface area (Å²) in [6.45, 7) is 1.11. The fraction of sp³-hybridized carbons (Fsp3) is 0.292. The number of nitrogens with zero attached hydrogens (tertiary/aromatic N) is 2. The van der Waals surface area contributed by atoms with Crippen LogP contribution in [0.3, 0.4) is 0 Å². The van der Waals surface area contributed by atoms with Gasteiger partial charge in [0.25, 0.3) is 5.91 Å². The number of hydrogen-bond acceptors (Lipinski definition) is 4. The topological polar surface area (TPSA) is 75.4 Å². The Labute approximate surface area is 180 Å². The maximum Gasteiger partial charge on any atom is 0.273 e. The van der Waals surface area contributed by atoms with Crippen LogP contribution in [0.5, 0.6) is 0 Å². The van der Waals surface area contributed by atoms with Crippen molar-refractivity contribution in [2.45, 2.75) is 32.4 Å². The Morgan fingerprint density at radius 1 is 1.06 bits per heavy atom. The lowest BCUT2D eigenvalue weighted by atomic mass is 10.1. The van der Waals surface area contributed by atoms with Gasteiger partial charge in [0, 0.05) is 25.1 Å². The van der Waals surface area contributed by atoms with Crippen LogP contribution in [0.1, 0.15) is 40.2 Å². The van der Waals surface area contributed by atoms with Gasteiger partial charge in [-0.2, -0.15) is 0 Å². The Hall–Kier alpha value is -3.48. The molecule has 7 heteroatoms. The number of amides is 2. The van der Waals surface area contributed by atoms with Gasteiger partial charge in [-0.15, -0.1) is 0 Å². The molecule has 2 aromatic carbocycles. The van der Waals surface area contributed by atoms with E-state index in [1.54, 1.807) is 23.1 Å². The van der Waals surface area contributed by atoms with Gasteiger partial charge in [-0.25, -0.2) is 4.39 Å². The van der Waals surface area contributed by atoms with Crippen LogP contribution in [0.25, 0.3) is 0 Å². The van der Waals surface area contributed by atoms with Crippen molar-refractivity contribution < 1.29 is 18.5 Å². The highest BCUT2D eigenvalue weighted by Crippen LogP contribution is 2.31. The van der Waals surface area contributed by atoms with Crippen molar-refractivity contribution in [1.29, 1.82) is 0 Å². The summed E-state index contributed by atoms with van der Waals surface area (Å²) in [6, 6.07) is 17.5. The van der Waals surface area contributed by atoms with E-state index in [0.29, 0.717) is 12.3 Å². The highest BCUT2D eigenvalue weighted by Gasteiger charge is 2.33. The second-order valence-electron chi connectivity index (χ2n) is 7.76. The van der Waals surface area contributed by atoms with Crippen molar-refractivity contribution >= 4 is 11.8 Å². The van der Waals surface area contributed by atoms with Crippen LogP contribution >= 0.6 is 0 Å². The molecule has 1 aromatic heterocycles. The summed E-state index contributed by atoms with van der Waals surface area (Å²) in [7, 11) is 0. The van der Waals surface area contributed by atoms with Gasteiger partial charge < -0.3 is 14.7 Å². The van der Waals surface area contributed by atoms with Gasteiger partial charge in [0.15, 0.2) is 11.5 Å². The molecule has 0 radical (unpaired) electrons. The molecule has 2 amide bonds. The van der Waals surface area contributed by atoms with Crippen molar-refractivity contribution in [2.75, 3.05) is 6.54 Å². The van der Waals surface area contributed by atoms with Crippen molar-refractivity contribution in [3.05, 3.63) is 89.1 Å². The smallest absolute Gasteiger partial charge is 0.273 e. The van der Waals surface area contributed by atoms with Gasteiger partial charge in [-0.3, -0.25) is 9.59 Å². The molecule has 31 heavy (non-hydrogen) atoms. The Kier molecular flexibility index (Phi) is 6.40. The van der Waals surface area contributed by atoms with E-state index in [0.717, 1.165) is 30.4 Å². The zero-order chi connectivity index (χ0) is 21.6. The summed E-state index contributed by atoms with van der Waals surface area (Å²) in [5.74, 6) is -0.0294. The average Bonchev–Trinajstić information content (AvgIpc) is 3.54. The van der Waals surface area contributed by atoms with Crippen molar-refractivity contribution in [3.8, 4) is 0 Å². The number of benzene rings is 2. The minimum absolute atomic E-state index is 0.0946. The number of carbonyl (C=O) groups excluding carboxylic acids is 2. The van der Waals surface area contributed by atoms with Crippen LogP contribution in [0.4, 0.5) is 4.39 Å². The van der Waals surface area contributed by atoms with Gasteiger partial charge in [0.05, 0.1) is 6.54 Å². The molecule has 160 valence electrons. The van der Waals surface area contributed by atoms with Crippen LogP contribution < -0.4 is 5.32 Å². The zero-order valence-electron chi connectivity index (χ0n) is 17.1. The van der Waals surface area contributed by atoms with Crippen LogP contribution in [0.2, 0.25) is 0 Å². The van der Waals surface area contributed by atoms with Gasteiger partial charge in [-0.05, 0) is 42.5 Å². The lowest BCUT2D eigenvalue weighted by Crippen LogP contribution is -2.33. The first-order valence-electron chi connectivity index (χ1n) is 10.4. The third kappa shape index (κ3) is 5.78. The van der Waals surface area contributed by atoms with E-state index in [4.69, 9.17) is 4.52 Å². The first-order valence-corrected chi connectivity index (χ1v) is 10.4. The normalized spacial score (nSPS) is 13.1. The van der Waals surface area contributed by atoms with E-state index < -0.39 is 0 Å². The Bertz CT molecular complexity index is 1030. The molecule has 0 atom stereocenters. The highest BCUT2D eigenvalue weighted by atomic mass is 19.1. The van der Waals surface area contributed by atoms with E-state index in [1.165, 1.54) is 12.1 Å². The quantitative estimate of drug-likeness (QED) is 0.571. The van der Waals surface area contributed by atoms with Gasteiger partial charge >= 0.3 is 0 Å². The van der Waals surface area contributed by atoms with E-state index in [-0.39, 0.29) is 42.3 Å². The minimum Gasteiger partial charge on any atom is -0.359 e. The minimum atomic E-state index is -0.385. The van der Waals surface area contributed by atoms with Crippen LogP contribution in [0, 0.1) is 11.7 Å².